The van der Waals surface area contributed by atoms with Crippen molar-refractivity contribution in [2.75, 3.05) is 19.6 Å². The molecule has 6 aliphatic carbocycles. The molecule has 24 nitrogen and oxygen atoms in total. The van der Waals surface area contributed by atoms with Gasteiger partial charge in [0.25, 0.3) is 51.4 Å². The second kappa shape index (κ2) is 31.6. The maximum absolute atomic E-state index is 13.0. The Labute approximate surface area is 576 Å². The molecule has 3 saturated heterocycles. The number of nitrogens with zero attached hydrogens (tertiary/aromatic N) is 3. The molecule has 36 heteroatoms. The van der Waals surface area contributed by atoms with Crippen molar-refractivity contribution in [3.63, 3.8) is 0 Å². The molecule has 3 heterocycles. The summed E-state index contributed by atoms with van der Waals surface area (Å²) >= 11 is 0. The summed E-state index contributed by atoms with van der Waals surface area (Å²) in [6.07, 6.45) is 10.9. The van der Waals surface area contributed by atoms with Crippen LogP contribution in [-0.4, -0.2) is 142 Å². The number of benzene rings is 5. The van der Waals surface area contributed by atoms with Gasteiger partial charge in [0.15, 0.2) is 0 Å². The normalized spacial score (nSPS) is 25.0. The van der Waals surface area contributed by atoms with Crippen LogP contribution in [0, 0.1) is 90.8 Å². The Bertz CT molecular complexity index is 4270. The first-order chi connectivity index (χ1) is 47.2. The zero-order valence-corrected chi connectivity index (χ0v) is 77.8. The summed E-state index contributed by atoms with van der Waals surface area (Å²) in [5.74, 6) is 1.80. The number of ether oxygens (including phenoxy) is 3. The minimum Gasteiger partial charge on any atom is -0.746 e. The van der Waals surface area contributed by atoms with Crippen molar-refractivity contribution in [2.24, 2.45) is 71.0 Å². The van der Waals surface area contributed by atoms with Crippen molar-refractivity contribution < 1.29 is 123 Å². The first-order valence-corrected chi connectivity index (χ1v) is 36.1. The number of carbonyl (C=O) groups is 9. The van der Waals surface area contributed by atoms with E-state index >= 15 is 0 Å². The smallest absolute Gasteiger partial charge is 0.271 e. The molecule has 0 N–H and O–H groups in total. The van der Waals surface area contributed by atoms with E-state index < -0.39 is 83.8 Å². The summed E-state index contributed by atoms with van der Waals surface area (Å²) < 4.78 is 171. The quantitative estimate of drug-likeness (QED) is 0.0281. The second-order valence-corrected chi connectivity index (χ2v) is 30.4. The van der Waals surface area contributed by atoms with Crippen LogP contribution in [0.4, 0.5) is 26.3 Å². The van der Waals surface area contributed by atoms with E-state index in [0.29, 0.717) is 89.6 Å². The molecule has 5 aromatic rings. The number of fused-ring (bicyclic) bond motifs is 17. The van der Waals surface area contributed by atoms with Gasteiger partial charge in [-0.05, 0) is 163 Å². The average Bonchev–Trinajstić information content (AvgIpc) is 1.60. The second-order valence-electron chi connectivity index (χ2n) is 26.0. The van der Waals surface area contributed by atoms with E-state index in [1.165, 1.54) is 67.6 Å². The topological polar surface area (TPSA) is 363 Å². The van der Waals surface area contributed by atoms with Crippen LogP contribution in [0.5, 0.6) is 0 Å². The molecule has 0 radical (unpaired) electrons. The minimum absolute atomic E-state index is 0. The Morgan fingerprint density at radius 3 is 1.09 bits per heavy atom. The predicted molar refractivity (Wildman–Crippen MR) is 338 cm³/mol. The van der Waals surface area contributed by atoms with Crippen LogP contribution < -0.4 is 0 Å². The van der Waals surface area contributed by atoms with Crippen LogP contribution in [0.1, 0.15) is 110 Å². The first-order valence-electron chi connectivity index (χ1n) is 31.8. The van der Waals surface area contributed by atoms with Crippen LogP contribution in [0.25, 0.3) is 21.5 Å². The van der Waals surface area contributed by atoms with Crippen molar-refractivity contribution in [3.05, 3.63) is 152 Å². The molecule has 12 unspecified atom stereocenters. The summed E-state index contributed by atoms with van der Waals surface area (Å²) in [7, 11) is -17.4. The number of halogens is 6. The van der Waals surface area contributed by atoms with E-state index in [9.17, 15) is 108 Å². The number of alkyl halides is 6. The fourth-order valence-corrected chi connectivity index (χ4v) is 16.1. The number of rotatable bonds is 12. The summed E-state index contributed by atoms with van der Waals surface area (Å²) in [6.45, 7) is 2.42. The zero-order valence-electron chi connectivity index (χ0n) is 56.1. The van der Waals surface area contributed by atoms with Gasteiger partial charge in [0.05, 0.1) is 0 Å². The minimum atomic E-state index is -5.81. The van der Waals surface area contributed by atoms with Gasteiger partial charge in [0.1, 0.15) is 30.4 Å². The van der Waals surface area contributed by atoms with E-state index in [0.717, 1.165) is 42.3 Å². The van der Waals surface area contributed by atoms with Crippen LogP contribution in [0.2, 0.25) is 0 Å². The van der Waals surface area contributed by atoms with Gasteiger partial charge in [0, 0.05) is 74.8 Å². The third kappa shape index (κ3) is 17.3. The fraction of sp³-hybridized carbons (Fsp3) is 0.441. The van der Waals surface area contributed by atoms with Crippen molar-refractivity contribution >= 4 is 105 Å². The van der Waals surface area contributed by atoms with Crippen LogP contribution in [0.15, 0.2) is 115 Å². The van der Waals surface area contributed by atoms with E-state index in [2.05, 4.69) is 14.2 Å². The van der Waals surface area contributed by atoms with Crippen molar-refractivity contribution in [2.45, 2.75) is 94.3 Å². The molecule has 12 atom stereocenters. The van der Waals surface area contributed by atoms with Crippen molar-refractivity contribution in [3.8, 4) is 0 Å². The molecule has 552 valence electrons. The Balaban J connectivity index is 0.000000200. The van der Waals surface area contributed by atoms with E-state index in [-0.39, 0.29) is 53.2 Å². The molecule has 6 saturated carbocycles. The Hall–Kier alpha value is -11.2. The molecule has 14 rings (SSSR count). The number of hydrogen-bond acceptors (Lipinski definition) is 21. The molecule has 3 aliphatic heterocycles. The number of likely N-dealkylation sites (tertiary alicyclic amines) is 3. The number of hydrogen-bond donors (Lipinski definition) is 0. The van der Waals surface area contributed by atoms with Crippen LogP contribution in [0.3, 0.4) is 0 Å². The van der Waals surface area contributed by atoms with E-state index in [1.54, 1.807) is 17.0 Å². The molecule has 104 heavy (non-hydrogen) atoms. The Morgan fingerprint density at radius 2 is 0.721 bits per heavy atom. The third-order valence-corrected chi connectivity index (χ3v) is 22.2. The van der Waals surface area contributed by atoms with E-state index in [4.69, 9.17) is 0 Å². The SMILES string of the molecule is CC(=O)O[CH-]C(F)(F)S(=O)(=O)[O-].CC(=O)O[CH-]C(F)(F)S(=O)(=O)[O-].CC(=O)O[CH-]C(F)(F)S(=O)(=O)[O-].O=C(c1ccc2ccccc2c1)N1CC2C3CCC(C3)C2C1=O.O=C(c1cccc2ccccc12)N1CC2C3CCC(C3)C2C1=O.O=C(c1ccccc1)N1CC2C3CCC(C3)C2C1=O.[Rf].[Rf].[Rf]. The Morgan fingerprint density at radius 1 is 0.404 bits per heavy atom. The van der Waals surface area contributed by atoms with Gasteiger partial charge < -0.3 is 27.9 Å². The monoisotopic (exact) mass is 2270 g/mol. The molecule has 0 aromatic heterocycles. The van der Waals surface area contributed by atoms with Gasteiger partial charge in [-0.15, -0.1) is 0 Å². The molecule has 9 fully saturated rings. The number of carbonyl (C=O) groups excluding carboxylic acids is 9. The van der Waals surface area contributed by atoms with Crippen LogP contribution >= 0.6 is 0 Å². The summed E-state index contributed by atoms with van der Waals surface area (Å²) in [4.78, 5) is 111. The third-order valence-electron chi connectivity index (χ3n) is 20.0. The average molecular weight is 2270 g/mol. The van der Waals surface area contributed by atoms with Gasteiger partial charge in [-0.25, -0.2) is 51.6 Å². The molecule has 0 spiro atoms. The molecular weight excluding hydrogens is 2210 g/mol. The van der Waals surface area contributed by atoms with Crippen molar-refractivity contribution in [1.82, 2.24) is 14.7 Å². The molecular formula is C68H67F6N3O21Rf3S3-6. The summed E-state index contributed by atoms with van der Waals surface area (Å²) in [5.41, 5.74) is 1.91. The molecule has 9 aliphatic rings. The largest absolute Gasteiger partial charge is 0.746 e. The molecule has 5 aromatic carbocycles. The molecule has 6 bridgehead atoms. The Kier molecular flexibility index (Phi) is 24.8. The van der Waals surface area contributed by atoms with Crippen molar-refractivity contribution in [1.29, 1.82) is 0 Å². The molecule has 6 amide bonds. The van der Waals surface area contributed by atoms with E-state index in [1.807, 2.05) is 103 Å². The van der Waals surface area contributed by atoms with Gasteiger partial charge in [-0.1, -0.05) is 105 Å². The van der Waals surface area contributed by atoms with Crippen LogP contribution in [-0.2, 0) is 73.3 Å². The zero-order chi connectivity index (χ0) is 74.1. The fourth-order valence-electron chi connectivity index (χ4n) is 15.6. The van der Waals surface area contributed by atoms with Gasteiger partial charge in [0.2, 0.25) is 17.7 Å². The maximum atomic E-state index is 13.0. The summed E-state index contributed by atoms with van der Waals surface area (Å²) in [6, 6.07) is 36.5. The van der Waals surface area contributed by atoms with Gasteiger partial charge in [-0.3, -0.25) is 57.9 Å². The maximum Gasteiger partial charge on any atom is 0.271 e. The predicted octanol–water partition coefficient (Wildman–Crippen LogP) is 8.85. The number of esters is 3. The number of imide groups is 3. The summed E-state index contributed by atoms with van der Waals surface area (Å²) in [5, 5.41) is -9.90. The first kappa shape index (κ1) is 81.7. The standard InChI is InChI=1S/2C20H19NO2.C16H17NO2.3C4H5F2O5S.3Rf/c22-19(16-7-3-5-12-4-1-2-6-15(12)16)21-11-17-13-8-9-14(10-13)18(17)20(21)23;22-19(16-8-5-12-3-1-2-4-13(12)9-16)21-11-17-14-6-7-15(10-14)18(17)20(21)23;18-15(10-4-2-1-3-5-10)17-9-13-11-6-7-12(8-11)14(13)16(17)19;3*1-3(7)11-2-4(5,6)12(8,9)10;;;/h1-7,13-14,17-18H,8-11H2;1-5,8-9,14-15,17-18H,6-7,10-11H2;1-5,11-14H,6-9H2;3*2H,1H3,(H,8,9,10);;;/q;;;3*-1;;;/p-3. The number of amides is 6. The van der Waals surface area contributed by atoms with Gasteiger partial charge in [-0.2, -0.15) is 0 Å². The van der Waals surface area contributed by atoms with Gasteiger partial charge >= 0.3 is 0 Å².